The molecule has 0 bridgehead atoms. The largest absolute Gasteiger partial charge is 0.379 e. The van der Waals surface area contributed by atoms with Crippen LogP contribution in [0.2, 0.25) is 0 Å². The first-order valence-electron chi connectivity index (χ1n) is 5.16. The van der Waals surface area contributed by atoms with E-state index in [9.17, 15) is 4.39 Å². The molecule has 82 valence electrons. The molecule has 1 aromatic rings. The smallest absolute Gasteiger partial charge is 0.214 e. The predicted octanol–water partition coefficient (Wildman–Crippen LogP) is 2.20. The van der Waals surface area contributed by atoms with E-state index in [4.69, 9.17) is 4.74 Å². The molecule has 0 amide bonds. The summed E-state index contributed by atoms with van der Waals surface area (Å²) in [5, 5.41) is 3.22. The van der Waals surface area contributed by atoms with Crippen LogP contribution in [0.1, 0.15) is 19.8 Å². The maximum Gasteiger partial charge on any atom is 0.214 e. The normalized spacial score (nSPS) is 26.3. The zero-order valence-electron chi connectivity index (χ0n) is 8.79. The van der Waals surface area contributed by atoms with Crippen LogP contribution in [-0.4, -0.2) is 23.7 Å². The molecule has 0 radical (unpaired) electrons. The maximum atomic E-state index is 12.9. The Morgan fingerprint density at radius 3 is 3.07 bits per heavy atom. The number of rotatable bonds is 2. The van der Waals surface area contributed by atoms with Crippen LogP contribution in [0.5, 0.6) is 0 Å². The van der Waals surface area contributed by atoms with Crippen molar-refractivity contribution in [3.05, 3.63) is 24.1 Å². The van der Waals surface area contributed by atoms with E-state index in [-0.39, 0.29) is 5.54 Å². The van der Waals surface area contributed by atoms with Crippen molar-refractivity contribution in [3.63, 3.8) is 0 Å². The summed E-state index contributed by atoms with van der Waals surface area (Å²) in [5.41, 5.74) is -0.126. The summed E-state index contributed by atoms with van der Waals surface area (Å²) in [5.74, 6) is 0.114. The third-order valence-corrected chi connectivity index (χ3v) is 2.58. The number of aromatic nitrogens is 1. The molecule has 15 heavy (non-hydrogen) atoms. The number of hydrogen-bond acceptors (Lipinski definition) is 3. The van der Waals surface area contributed by atoms with Gasteiger partial charge in [0.15, 0.2) is 0 Å². The van der Waals surface area contributed by atoms with E-state index in [0.717, 1.165) is 19.4 Å². The number of ether oxygens (including phenoxy) is 1. The molecule has 1 unspecified atom stereocenters. The minimum Gasteiger partial charge on any atom is -0.379 e. The molecule has 1 aliphatic rings. The van der Waals surface area contributed by atoms with Gasteiger partial charge in [-0.25, -0.2) is 4.98 Å². The van der Waals surface area contributed by atoms with E-state index in [0.29, 0.717) is 12.4 Å². The van der Waals surface area contributed by atoms with Crippen LogP contribution < -0.4 is 5.32 Å². The summed E-state index contributed by atoms with van der Waals surface area (Å²) < 4.78 is 18.3. The van der Waals surface area contributed by atoms with Crippen LogP contribution in [-0.2, 0) is 4.74 Å². The number of hydrogen-bond donors (Lipinski definition) is 1. The molecule has 3 nitrogen and oxygen atoms in total. The maximum absolute atomic E-state index is 12.9. The molecule has 1 aliphatic heterocycles. The first-order valence-corrected chi connectivity index (χ1v) is 5.16. The van der Waals surface area contributed by atoms with E-state index in [1.807, 2.05) is 0 Å². The Labute approximate surface area is 88.7 Å². The molecular weight excluding hydrogens is 195 g/mol. The van der Waals surface area contributed by atoms with Crippen LogP contribution in [0.4, 0.5) is 10.2 Å². The molecule has 1 atom stereocenters. The Morgan fingerprint density at radius 1 is 1.53 bits per heavy atom. The molecule has 1 saturated heterocycles. The summed E-state index contributed by atoms with van der Waals surface area (Å²) in [6, 6.07) is 4.76. The van der Waals surface area contributed by atoms with Gasteiger partial charge in [0.25, 0.3) is 0 Å². The Morgan fingerprint density at radius 2 is 2.40 bits per heavy atom. The number of pyridine rings is 1. The molecule has 0 saturated carbocycles. The first kappa shape index (κ1) is 10.4. The lowest BCUT2D eigenvalue weighted by Crippen LogP contribution is -2.43. The molecule has 0 aliphatic carbocycles. The quantitative estimate of drug-likeness (QED) is 0.760. The summed E-state index contributed by atoms with van der Waals surface area (Å²) >= 11 is 0. The van der Waals surface area contributed by atoms with Crippen LogP contribution in [0.25, 0.3) is 0 Å². The van der Waals surface area contributed by atoms with Gasteiger partial charge in [0.1, 0.15) is 5.82 Å². The highest BCUT2D eigenvalue weighted by Crippen LogP contribution is 2.22. The number of nitrogens with zero attached hydrogens (tertiary/aromatic N) is 1. The topological polar surface area (TPSA) is 34.2 Å². The van der Waals surface area contributed by atoms with E-state index in [2.05, 4.69) is 17.2 Å². The minimum atomic E-state index is -0.458. The highest BCUT2D eigenvalue weighted by Gasteiger charge is 2.27. The van der Waals surface area contributed by atoms with Gasteiger partial charge in [-0.2, -0.15) is 4.39 Å². The second kappa shape index (κ2) is 4.14. The van der Waals surface area contributed by atoms with Gasteiger partial charge in [0, 0.05) is 6.61 Å². The standard InChI is InChI=1S/C11H15FN2O/c1-11(6-3-7-15-8-11)14-10-5-2-4-9(12)13-10/h2,4-5H,3,6-8H2,1H3,(H,13,14). The summed E-state index contributed by atoms with van der Waals surface area (Å²) in [4.78, 5) is 3.78. The Balaban J connectivity index is 2.06. The molecule has 1 fully saturated rings. The second-order valence-electron chi connectivity index (χ2n) is 4.19. The van der Waals surface area contributed by atoms with Crippen molar-refractivity contribution >= 4 is 5.82 Å². The molecule has 2 rings (SSSR count). The Hall–Kier alpha value is -1.16. The highest BCUT2D eigenvalue weighted by atomic mass is 19.1. The second-order valence-corrected chi connectivity index (χ2v) is 4.19. The average molecular weight is 210 g/mol. The summed E-state index contributed by atoms with van der Waals surface area (Å²) in [7, 11) is 0. The van der Waals surface area contributed by atoms with Crippen molar-refractivity contribution < 1.29 is 9.13 Å². The highest BCUT2D eigenvalue weighted by molar-refractivity contribution is 5.37. The zero-order valence-corrected chi connectivity index (χ0v) is 8.79. The summed E-state index contributed by atoms with van der Waals surface area (Å²) in [6.45, 7) is 3.53. The summed E-state index contributed by atoms with van der Waals surface area (Å²) in [6.07, 6.45) is 2.05. The molecule has 4 heteroatoms. The van der Waals surface area contributed by atoms with Gasteiger partial charge in [-0.1, -0.05) is 6.07 Å². The van der Waals surface area contributed by atoms with Gasteiger partial charge >= 0.3 is 0 Å². The zero-order chi connectivity index (χ0) is 10.7. The number of anilines is 1. The predicted molar refractivity (Wildman–Crippen MR) is 56.3 cm³/mol. The minimum absolute atomic E-state index is 0.126. The average Bonchev–Trinajstić information content (AvgIpc) is 2.18. The first-order chi connectivity index (χ1) is 7.18. The molecule has 0 spiro atoms. The van der Waals surface area contributed by atoms with Gasteiger partial charge in [-0.15, -0.1) is 0 Å². The molecular formula is C11H15FN2O. The van der Waals surface area contributed by atoms with Gasteiger partial charge in [0.2, 0.25) is 5.95 Å². The molecule has 1 aromatic heterocycles. The fourth-order valence-corrected chi connectivity index (χ4v) is 1.82. The fraction of sp³-hybridized carbons (Fsp3) is 0.545. The molecule has 2 heterocycles. The number of halogens is 1. The van der Waals surface area contributed by atoms with Crippen molar-refractivity contribution in [2.75, 3.05) is 18.5 Å². The third kappa shape index (κ3) is 2.65. The number of nitrogens with one attached hydrogen (secondary N) is 1. The van der Waals surface area contributed by atoms with Crippen molar-refractivity contribution in [2.45, 2.75) is 25.3 Å². The van der Waals surface area contributed by atoms with Gasteiger partial charge < -0.3 is 10.1 Å². The van der Waals surface area contributed by atoms with E-state index in [1.165, 1.54) is 6.07 Å². The van der Waals surface area contributed by atoms with Crippen LogP contribution >= 0.6 is 0 Å². The van der Waals surface area contributed by atoms with Crippen molar-refractivity contribution in [1.29, 1.82) is 0 Å². The van der Waals surface area contributed by atoms with Gasteiger partial charge in [-0.3, -0.25) is 0 Å². The molecule has 1 N–H and O–H groups in total. The lowest BCUT2D eigenvalue weighted by atomic mass is 9.95. The van der Waals surface area contributed by atoms with E-state index in [1.54, 1.807) is 12.1 Å². The SMILES string of the molecule is CC1(Nc2cccc(F)n2)CCCOC1. The van der Waals surface area contributed by atoms with Crippen molar-refractivity contribution in [3.8, 4) is 0 Å². The van der Waals surface area contributed by atoms with Crippen molar-refractivity contribution in [2.24, 2.45) is 0 Å². The molecule has 0 aromatic carbocycles. The van der Waals surface area contributed by atoms with E-state index >= 15 is 0 Å². The van der Waals surface area contributed by atoms with Gasteiger partial charge in [-0.05, 0) is 31.9 Å². The van der Waals surface area contributed by atoms with Crippen LogP contribution in [0, 0.1) is 5.95 Å². The third-order valence-electron chi connectivity index (χ3n) is 2.58. The van der Waals surface area contributed by atoms with E-state index < -0.39 is 5.95 Å². The Kier molecular flexibility index (Phi) is 2.86. The monoisotopic (exact) mass is 210 g/mol. The lowest BCUT2D eigenvalue weighted by molar-refractivity contribution is 0.0538. The van der Waals surface area contributed by atoms with Crippen LogP contribution in [0.3, 0.4) is 0 Å². The van der Waals surface area contributed by atoms with Gasteiger partial charge in [0.05, 0.1) is 12.1 Å². The fourth-order valence-electron chi connectivity index (χ4n) is 1.82. The Bertz CT molecular complexity index is 337. The van der Waals surface area contributed by atoms with Crippen LogP contribution in [0.15, 0.2) is 18.2 Å². The van der Waals surface area contributed by atoms with Crippen molar-refractivity contribution in [1.82, 2.24) is 4.98 Å². The lowest BCUT2D eigenvalue weighted by Gasteiger charge is -2.34.